The van der Waals surface area contributed by atoms with Crippen molar-refractivity contribution in [3.63, 3.8) is 0 Å². The van der Waals surface area contributed by atoms with Crippen LogP contribution in [0.1, 0.15) is 29.4 Å². The van der Waals surface area contributed by atoms with Crippen LogP contribution in [0.5, 0.6) is 0 Å². The molecule has 1 atom stereocenters. The first-order valence-corrected chi connectivity index (χ1v) is 5.68. The van der Waals surface area contributed by atoms with Crippen molar-refractivity contribution in [2.75, 3.05) is 6.54 Å². The molecule has 1 amide bonds. The molecule has 1 rings (SSSR count). The van der Waals surface area contributed by atoms with Crippen molar-refractivity contribution >= 4 is 11.9 Å². The summed E-state index contributed by atoms with van der Waals surface area (Å²) < 4.78 is 1.65. The Kier molecular flexibility index (Phi) is 4.85. The highest BCUT2D eigenvalue weighted by atomic mass is 16.4. The molecular formula is C11H17N3O4. The zero-order chi connectivity index (χ0) is 13.7. The highest BCUT2D eigenvalue weighted by Crippen LogP contribution is 2.05. The number of rotatable bonds is 6. The van der Waals surface area contributed by atoms with Crippen molar-refractivity contribution in [1.29, 1.82) is 0 Å². The fraction of sp³-hybridized carbons (Fsp3) is 0.545. The van der Waals surface area contributed by atoms with E-state index in [1.54, 1.807) is 17.8 Å². The Hall–Kier alpha value is -1.89. The fourth-order valence-corrected chi connectivity index (χ4v) is 1.44. The molecule has 0 spiro atoms. The monoisotopic (exact) mass is 255 g/mol. The normalized spacial score (nSPS) is 12.2. The third-order valence-corrected chi connectivity index (χ3v) is 2.50. The van der Waals surface area contributed by atoms with E-state index in [1.807, 2.05) is 6.92 Å². The van der Waals surface area contributed by atoms with Crippen molar-refractivity contribution in [1.82, 2.24) is 15.1 Å². The molecule has 0 aliphatic rings. The number of carboxylic acid groups (broad SMARTS) is 1. The molecular weight excluding hydrogens is 238 g/mol. The molecule has 3 N–H and O–H groups in total. The average Bonchev–Trinajstić information content (AvgIpc) is 2.70. The smallest absolute Gasteiger partial charge is 0.332 e. The van der Waals surface area contributed by atoms with E-state index >= 15 is 0 Å². The lowest BCUT2D eigenvalue weighted by Gasteiger charge is -2.06. The lowest BCUT2D eigenvalue weighted by molar-refractivity contribution is -0.146. The molecule has 1 aromatic rings. The van der Waals surface area contributed by atoms with Gasteiger partial charge in [0.15, 0.2) is 6.10 Å². The van der Waals surface area contributed by atoms with Crippen LogP contribution in [0, 0.1) is 6.92 Å². The maximum absolute atomic E-state index is 11.8. The lowest BCUT2D eigenvalue weighted by Crippen LogP contribution is -2.30. The average molecular weight is 255 g/mol. The number of nitrogens with one attached hydrogen (secondary N) is 1. The zero-order valence-electron chi connectivity index (χ0n) is 10.4. The first kappa shape index (κ1) is 14.2. The molecule has 7 nitrogen and oxygen atoms in total. The van der Waals surface area contributed by atoms with E-state index in [1.165, 1.54) is 0 Å². The molecule has 0 aliphatic carbocycles. The molecule has 18 heavy (non-hydrogen) atoms. The van der Waals surface area contributed by atoms with E-state index in [0.29, 0.717) is 17.8 Å². The number of aryl methyl sites for hydroxylation is 2. The maximum atomic E-state index is 11.8. The van der Waals surface area contributed by atoms with E-state index in [9.17, 15) is 9.59 Å². The van der Waals surface area contributed by atoms with Gasteiger partial charge in [0, 0.05) is 25.7 Å². The molecule has 0 aliphatic heterocycles. The van der Waals surface area contributed by atoms with Gasteiger partial charge in [0.05, 0.1) is 11.3 Å². The number of aliphatic hydroxyl groups is 1. The SMILES string of the molecule is CCn1cc(C(=O)NCC[C@H](O)C(=O)O)c(C)n1. The van der Waals surface area contributed by atoms with Crippen molar-refractivity contribution < 1.29 is 19.8 Å². The van der Waals surface area contributed by atoms with Gasteiger partial charge in [0.25, 0.3) is 5.91 Å². The zero-order valence-corrected chi connectivity index (χ0v) is 10.4. The highest BCUT2D eigenvalue weighted by molar-refractivity contribution is 5.95. The summed E-state index contributed by atoms with van der Waals surface area (Å²) in [4.78, 5) is 22.1. The predicted molar refractivity (Wildman–Crippen MR) is 63.2 cm³/mol. The number of hydrogen-bond donors (Lipinski definition) is 3. The topological polar surface area (TPSA) is 104 Å². The number of carboxylic acids is 1. The molecule has 1 heterocycles. The predicted octanol–water partition coefficient (Wildman–Crippen LogP) is -0.223. The van der Waals surface area contributed by atoms with Crippen molar-refractivity contribution in [3.8, 4) is 0 Å². The molecule has 0 radical (unpaired) electrons. The Bertz CT molecular complexity index is 441. The summed E-state index contributed by atoms with van der Waals surface area (Å²) in [6.07, 6.45) is 0.158. The molecule has 0 saturated carbocycles. The fourth-order valence-electron chi connectivity index (χ4n) is 1.44. The van der Waals surface area contributed by atoms with Gasteiger partial charge in [0.1, 0.15) is 0 Å². The second-order valence-electron chi connectivity index (χ2n) is 3.88. The van der Waals surface area contributed by atoms with E-state index in [-0.39, 0.29) is 18.9 Å². The van der Waals surface area contributed by atoms with Gasteiger partial charge in [-0.2, -0.15) is 5.10 Å². The molecule has 0 saturated heterocycles. The minimum absolute atomic E-state index is 0.0258. The number of amides is 1. The largest absolute Gasteiger partial charge is 0.479 e. The van der Waals surface area contributed by atoms with Crippen LogP contribution in [0.25, 0.3) is 0 Å². The Morgan fingerprint density at radius 1 is 1.56 bits per heavy atom. The third-order valence-electron chi connectivity index (χ3n) is 2.50. The number of aliphatic hydroxyl groups excluding tert-OH is 1. The maximum Gasteiger partial charge on any atom is 0.332 e. The first-order valence-electron chi connectivity index (χ1n) is 5.68. The number of carbonyl (C=O) groups is 2. The van der Waals surface area contributed by atoms with Crippen molar-refractivity contribution in [3.05, 3.63) is 17.5 Å². The van der Waals surface area contributed by atoms with Gasteiger partial charge in [0.2, 0.25) is 0 Å². The van der Waals surface area contributed by atoms with Gasteiger partial charge >= 0.3 is 5.97 Å². The summed E-state index contributed by atoms with van der Waals surface area (Å²) in [5.41, 5.74) is 1.08. The molecule has 0 bridgehead atoms. The van der Waals surface area contributed by atoms with Crippen LogP contribution in [-0.4, -0.2) is 44.5 Å². The highest BCUT2D eigenvalue weighted by Gasteiger charge is 2.15. The summed E-state index contributed by atoms with van der Waals surface area (Å²) in [6, 6.07) is 0. The van der Waals surface area contributed by atoms with Gasteiger partial charge in [-0.25, -0.2) is 4.79 Å². The summed E-state index contributed by atoms with van der Waals surface area (Å²) in [5, 5.41) is 24.2. The Balaban J connectivity index is 2.50. The number of hydrogen-bond acceptors (Lipinski definition) is 4. The minimum atomic E-state index is -1.45. The Morgan fingerprint density at radius 2 is 2.22 bits per heavy atom. The summed E-state index contributed by atoms with van der Waals surface area (Å²) in [6.45, 7) is 4.42. The van der Waals surface area contributed by atoms with Crippen molar-refractivity contribution in [2.45, 2.75) is 32.9 Å². The number of aromatic nitrogens is 2. The third kappa shape index (κ3) is 3.56. The van der Waals surface area contributed by atoms with Gasteiger partial charge in [-0.1, -0.05) is 0 Å². The van der Waals surface area contributed by atoms with Gasteiger partial charge in [-0.05, 0) is 13.8 Å². The summed E-state index contributed by atoms with van der Waals surface area (Å²) in [7, 11) is 0. The van der Waals surface area contributed by atoms with Crippen LogP contribution in [0.15, 0.2) is 6.20 Å². The Labute approximate surface area is 104 Å². The minimum Gasteiger partial charge on any atom is -0.479 e. The van der Waals surface area contributed by atoms with E-state index in [4.69, 9.17) is 10.2 Å². The van der Waals surface area contributed by atoms with Crippen LogP contribution in [0.4, 0.5) is 0 Å². The van der Waals surface area contributed by atoms with Crippen LogP contribution >= 0.6 is 0 Å². The van der Waals surface area contributed by atoms with Crippen LogP contribution in [-0.2, 0) is 11.3 Å². The second kappa shape index (κ2) is 6.15. The lowest BCUT2D eigenvalue weighted by atomic mass is 10.2. The molecule has 1 aromatic heterocycles. The summed E-state index contributed by atoms with van der Waals surface area (Å²) in [5.74, 6) is -1.61. The van der Waals surface area contributed by atoms with Crippen LogP contribution in [0.2, 0.25) is 0 Å². The van der Waals surface area contributed by atoms with Crippen molar-refractivity contribution in [2.24, 2.45) is 0 Å². The molecule has 0 aromatic carbocycles. The number of carbonyl (C=O) groups excluding carboxylic acids is 1. The quantitative estimate of drug-likeness (QED) is 0.651. The van der Waals surface area contributed by atoms with E-state index < -0.39 is 12.1 Å². The van der Waals surface area contributed by atoms with Gasteiger partial charge < -0.3 is 15.5 Å². The molecule has 7 heteroatoms. The van der Waals surface area contributed by atoms with E-state index in [2.05, 4.69) is 10.4 Å². The Morgan fingerprint density at radius 3 is 2.72 bits per heavy atom. The molecule has 100 valence electrons. The second-order valence-corrected chi connectivity index (χ2v) is 3.88. The van der Waals surface area contributed by atoms with Gasteiger partial charge in [-0.15, -0.1) is 0 Å². The van der Waals surface area contributed by atoms with Crippen LogP contribution < -0.4 is 5.32 Å². The number of nitrogens with zero attached hydrogens (tertiary/aromatic N) is 2. The van der Waals surface area contributed by atoms with Gasteiger partial charge in [-0.3, -0.25) is 9.48 Å². The van der Waals surface area contributed by atoms with Crippen LogP contribution in [0.3, 0.4) is 0 Å². The molecule has 0 unspecified atom stereocenters. The summed E-state index contributed by atoms with van der Waals surface area (Å²) >= 11 is 0. The molecule has 0 fully saturated rings. The first-order chi connectivity index (χ1) is 8.45. The van der Waals surface area contributed by atoms with E-state index in [0.717, 1.165) is 0 Å². The number of aliphatic carboxylic acids is 1. The standard InChI is InChI=1S/C11H17N3O4/c1-3-14-6-8(7(2)13-14)10(16)12-5-4-9(15)11(17)18/h6,9,15H,3-5H2,1-2H3,(H,12,16)(H,17,18)/t9-/m0/s1.